The van der Waals surface area contributed by atoms with Gasteiger partial charge in [0.25, 0.3) is 11.5 Å². The van der Waals surface area contributed by atoms with Crippen LogP contribution >= 0.6 is 36.4 Å². The number of amides is 1. The molecule has 152 valence electrons. The maximum absolute atomic E-state index is 13.1. The van der Waals surface area contributed by atoms with Crippen molar-refractivity contribution in [1.82, 2.24) is 15.2 Å². The fraction of sp³-hybridized carbons (Fsp3) is 0.368. The lowest BCUT2D eigenvalue weighted by molar-refractivity contribution is 0.0713. The number of halogens is 3. The lowest BCUT2D eigenvalue weighted by atomic mass is 9.89. The molecule has 1 aromatic heterocycles. The molecule has 1 amide bonds. The van der Waals surface area contributed by atoms with E-state index in [4.69, 9.17) is 16.3 Å². The summed E-state index contributed by atoms with van der Waals surface area (Å²) in [5.41, 5.74) is 1.10. The molecule has 2 aromatic rings. The van der Waals surface area contributed by atoms with E-state index in [1.165, 1.54) is 12.3 Å². The number of carbonyl (C=O) groups excluding carboxylic acids is 1. The topological polar surface area (TPSA) is 74.4 Å². The number of fused-ring (bicyclic) bond motifs is 1. The van der Waals surface area contributed by atoms with E-state index in [2.05, 4.69) is 10.3 Å². The third-order valence-electron chi connectivity index (χ3n) is 5.39. The van der Waals surface area contributed by atoms with Gasteiger partial charge in [-0.15, -0.1) is 24.8 Å². The van der Waals surface area contributed by atoms with Crippen molar-refractivity contribution in [2.24, 2.45) is 11.8 Å². The average Bonchev–Trinajstić information content (AvgIpc) is 3.24. The Balaban J connectivity index is 0.00000140. The summed E-state index contributed by atoms with van der Waals surface area (Å²) >= 11 is 5.91. The third kappa shape index (κ3) is 4.01. The third-order valence-corrected chi connectivity index (χ3v) is 5.67. The number of carbonyl (C=O) groups is 1. The molecule has 3 heterocycles. The Kier molecular flexibility index (Phi) is 7.39. The number of hydrogen-bond acceptors (Lipinski definition) is 4. The van der Waals surface area contributed by atoms with Gasteiger partial charge in [-0.1, -0.05) is 23.7 Å². The zero-order chi connectivity index (χ0) is 18.3. The van der Waals surface area contributed by atoms with Crippen LogP contribution in [-0.4, -0.2) is 42.5 Å². The molecule has 3 atom stereocenters. The second-order valence-corrected chi connectivity index (χ2v) is 7.23. The number of hydrogen-bond donors (Lipinski definition) is 2. The van der Waals surface area contributed by atoms with Crippen molar-refractivity contribution in [2.45, 2.75) is 6.04 Å². The minimum atomic E-state index is -0.391. The van der Waals surface area contributed by atoms with Crippen molar-refractivity contribution in [3.63, 3.8) is 0 Å². The summed E-state index contributed by atoms with van der Waals surface area (Å²) in [5, 5.41) is 3.46. The van der Waals surface area contributed by atoms with E-state index < -0.39 is 5.56 Å². The molecular weight excluding hydrogens is 425 g/mol. The zero-order valence-corrected chi connectivity index (χ0v) is 17.6. The van der Waals surface area contributed by atoms with Gasteiger partial charge in [0.15, 0.2) is 0 Å². The first-order valence-corrected chi connectivity index (χ1v) is 9.00. The number of nitrogens with one attached hydrogen (secondary N) is 2. The Bertz CT molecular complexity index is 888. The smallest absolute Gasteiger partial charge is 0.266 e. The predicted molar refractivity (Wildman–Crippen MR) is 113 cm³/mol. The molecule has 0 saturated carbocycles. The number of nitrogens with zero attached hydrogens (tertiary/aromatic N) is 1. The van der Waals surface area contributed by atoms with Gasteiger partial charge in [-0.3, -0.25) is 9.59 Å². The monoisotopic (exact) mass is 445 g/mol. The number of methoxy groups -OCH3 is 1. The van der Waals surface area contributed by atoms with Crippen molar-refractivity contribution in [1.29, 1.82) is 0 Å². The molecule has 28 heavy (non-hydrogen) atoms. The summed E-state index contributed by atoms with van der Waals surface area (Å²) in [6.07, 6.45) is 1.44. The van der Waals surface area contributed by atoms with Gasteiger partial charge in [0.05, 0.1) is 18.7 Å². The van der Waals surface area contributed by atoms with E-state index in [0.29, 0.717) is 23.9 Å². The lowest BCUT2D eigenvalue weighted by Gasteiger charge is -2.28. The van der Waals surface area contributed by atoms with Gasteiger partial charge >= 0.3 is 0 Å². The molecule has 2 N–H and O–H groups in total. The van der Waals surface area contributed by atoms with Gasteiger partial charge in [-0.2, -0.15) is 0 Å². The van der Waals surface area contributed by atoms with Crippen LogP contribution in [0.15, 0.2) is 41.3 Å². The van der Waals surface area contributed by atoms with Gasteiger partial charge < -0.3 is 19.9 Å². The SMILES string of the molecule is COc1ccc([C@H]2[C@H]3CNC[C@H]3CN2C(=O)c2c[nH]c(=O)c(Cl)c2)cc1.Cl.Cl. The van der Waals surface area contributed by atoms with E-state index >= 15 is 0 Å². The summed E-state index contributed by atoms with van der Waals surface area (Å²) in [6, 6.07) is 9.31. The normalized spacial score (nSPS) is 22.8. The second kappa shape index (κ2) is 9.18. The van der Waals surface area contributed by atoms with Crippen LogP contribution in [0.3, 0.4) is 0 Å². The first-order valence-electron chi connectivity index (χ1n) is 8.62. The molecule has 4 rings (SSSR count). The minimum Gasteiger partial charge on any atom is -0.497 e. The van der Waals surface area contributed by atoms with Crippen molar-refractivity contribution in [3.8, 4) is 5.75 Å². The molecule has 0 unspecified atom stereocenters. The van der Waals surface area contributed by atoms with Crippen LogP contribution in [0.25, 0.3) is 0 Å². The molecule has 0 spiro atoms. The summed E-state index contributed by atoms with van der Waals surface area (Å²) < 4.78 is 5.25. The Labute approximate surface area is 180 Å². The maximum atomic E-state index is 13.1. The van der Waals surface area contributed by atoms with Crippen LogP contribution in [0.1, 0.15) is 22.0 Å². The Morgan fingerprint density at radius 3 is 2.57 bits per heavy atom. The fourth-order valence-corrected chi connectivity index (χ4v) is 4.27. The lowest BCUT2D eigenvalue weighted by Crippen LogP contribution is -2.35. The molecule has 9 heteroatoms. The van der Waals surface area contributed by atoms with E-state index in [9.17, 15) is 9.59 Å². The number of pyridine rings is 1. The number of benzene rings is 1. The van der Waals surface area contributed by atoms with Crippen molar-refractivity contribution >= 4 is 42.3 Å². The van der Waals surface area contributed by atoms with Gasteiger partial charge in [-0.05, 0) is 29.7 Å². The number of aromatic amines is 1. The van der Waals surface area contributed by atoms with Crippen molar-refractivity contribution in [2.75, 3.05) is 26.7 Å². The first-order chi connectivity index (χ1) is 12.6. The van der Waals surface area contributed by atoms with Gasteiger partial charge in [0.1, 0.15) is 10.8 Å². The van der Waals surface area contributed by atoms with E-state index in [-0.39, 0.29) is 41.8 Å². The highest BCUT2D eigenvalue weighted by Gasteiger charge is 2.46. The largest absolute Gasteiger partial charge is 0.497 e. The molecule has 0 bridgehead atoms. The number of aromatic nitrogens is 1. The summed E-state index contributed by atoms with van der Waals surface area (Å²) in [4.78, 5) is 29.1. The predicted octanol–water partition coefficient (Wildman–Crippen LogP) is 2.91. The Hall–Kier alpha value is -1.73. The minimum absolute atomic E-state index is 0. The highest BCUT2D eigenvalue weighted by Crippen LogP contribution is 2.43. The molecule has 2 fully saturated rings. The molecule has 0 radical (unpaired) electrons. The van der Waals surface area contributed by atoms with Gasteiger partial charge in [0, 0.05) is 31.7 Å². The first kappa shape index (κ1) is 22.6. The summed E-state index contributed by atoms with van der Waals surface area (Å²) in [5.74, 6) is 1.46. The molecule has 1 aromatic carbocycles. The van der Waals surface area contributed by atoms with Crippen LogP contribution < -0.4 is 15.6 Å². The maximum Gasteiger partial charge on any atom is 0.266 e. The highest BCUT2D eigenvalue weighted by atomic mass is 35.5. The second-order valence-electron chi connectivity index (χ2n) is 6.82. The van der Waals surface area contributed by atoms with Crippen LogP contribution in [0.4, 0.5) is 0 Å². The average molecular weight is 447 g/mol. The summed E-state index contributed by atoms with van der Waals surface area (Å²) in [7, 11) is 1.64. The number of likely N-dealkylation sites (tertiary alicyclic amines) is 1. The van der Waals surface area contributed by atoms with Crippen LogP contribution in [-0.2, 0) is 0 Å². The molecular formula is C19H22Cl3N3O3. The molecule has 2 saturated heterocycles. The molecule has 2 aliphatic heterocycles. The van der Waals surface area contributed by atoms with Crippen LogP contribution in [0, 0.1) is 11.8 Å². The molecule has 0 aliphatic carbocycles. The highest BCUT2D eigenvalue weighted by molar-refractivity contribution is 6.30. The Morgan fingerprint density at radius 1 is 1.21 bits per heavy atom. The van der Waals surface area contributed by atoms with Gasteiger partial charge in [0.2, 0.25) is 0 Å². The molecule has 2 aliphatic rings. The number of rotatable bonds is 3. The van der Waals surface area contributed by atoms with Crippen molar-refractivity contribution < 1.29 is 9.53 Å². The zero-order valence-electron chi connectivity index (χ0n) is 15.2. The Morgan fingerprint density at radius 2 is 1.93 bits per heavy atom. The van der Waals surface area contributed by atoms with Crippen LogP contribution in [0.5, 0.6) is 5.75 Å². The van der Waals surface area contributed by atoms with Crippen LogP contribution in [0.2, 0.25) is 5.02 Å². The van der Waals surface area contributed by atoms with Crippen molar-refractivity contribution in [3.05, 3.63) is 63.0 Å². The van der Waals surface area contributed by atoms with E-state index in [1.807, 2.05) is 29.2 Å². The van der Waals surface area contributed by atoms with Gasteiger partial charge in [-0.25, -0.2) is 0 Å². The standard InChI is InChI=1S/C19H20ClN3O3.2ClH/c1-26-14-4-2-11(3-5-14)17-15-9-21-7-13(15)10-23(17)19(25)12-6-16(20)18(24)22-8-12;;/h2-6,8,13,15,17,21H,7,9-10H2,1H3,(H,22,24);2*1H/t13-,15-,17-;;/m0../s1. The summed E-state index contributed by atoms with van der Waals surface area (Å²) in [6.45, 7) is 2.48. The van der Waals surface area contributed by atoms with E-state index in [0.717, 1.165) is 24.4 Å². The quantitative estimate of drug-likeness (QED) is 0.760. The number of ether oxygens (including phenoxy) is 1. The number of H-pyrrole nitrogens is 1. The van der Waals surface area contributed by atoms with E-state index in [1.54, 1.807) is 7.11 Å². The molecule has 6 nitrogen and oxygen atoms in total. The fourth-order valence-electron chi connectivity index (χ4n) is 4.10.